The topological polar surface area (TPSA) is 232 Å². The first-order valence-electron chi connectivity index (χ1n) is 28.4. The van der Waals surface area contributed by atoms with Crippen molar-refractivity contribution in [3.8, 4) is 11.5 Å². The lowest BCUT2D eigenvalue weighted by Crippen LogP contribution is -2.40. The molecule has 20 heteroatoms. The number of Topliss-reactive ketones (excluding diaryl/α,β-unsaturated/α-hetero) is 1. The minimum absolute atomic E-state index is 0.0552. The second kappa shape index (κ2) is 26.2. The Bertz CT molecular complexity index is 3180. The molecule has 0 aliphatic carbocycles. The zero-order valence-electron chi connectivity index (χ0n) is 50.2. The Hall–Kier alpha value is -8.49. The van der Waals surface area contributed by atoms with Gasteiger partial charge >= 0.3 is 24.2 Å². The summed E-state index contributed by atoms with van der Waals surface area (Å²) in [5, 5.41) is 18.3. The van der Waals surface area contributed by atoms with E-state index in [1.807, 2.05) is 105 Å². The Morgan fingerprint density at radius 1 is 0.482 bits per heavy atom. The fourth-order valence-electron chi connectivity index (χ4n) is 10.2. The van der Waals surface area contributed by atoms with Crippen LogP contribution < -0.4 is 19.3 Å². The molecule has 0 fully saturated rings. The number of aliphatic hydroxyl groups excluding tert-OH is 2. The van der Waals surface area contributed by atoms with Gasteiger partial charge in [0.05, 0.1) is 43.7 Å². The van der Waals surface area contributed by atoms with Crippen LogP contribution in [0.2, 0.25) is 0 Å². The molecule has 5 heterocycles. The van der Waals surface area contributed by atoms with Crippen molar-refractivity contribution in [3.63, 3.8) is 0 Å². The van der Waals surface area contributed by atoms with Gasteiger partial charge in [0.15, 0.2) is 19.0 Å². The molecule has 452 valence electrons. The van der Waals surface area contributed by atoms with Gasteiger partial charge in [0, 0.05) is 44.8 Å². The predicted octanol–water partition coefficient (Wildman–Crippen LogP) is 9.24. The van der Waals surface area contributed by atoms with E-state index in [0.717, 1.165) is 50.9 Å². The largest absolute Gasteiger partial charge is 0.482 e. The summed E-state index contributed by atoms with van der Waals surface area (Å²) < 4.78 is 32.2. The monoisotopic (exact) mass is 1170 g/mol. The first kappa shape index (κ1) is 62.6. The molecule has 0 atom stereocenters. The van der Waals surface area contributed by atoms with Gasteiger partial charge in [-0.15, -0.1) is 0 Å². The van der Waals surface area contributed by atoms with Crippen LogP contribution in [0.4, 0.5) is 25.8 Å². The highest BCUT2D eigenvalue weighted by Gasteiger charge is 2.32. The van der Waals surface area contributed by atoms with Crippen LogP contribution in [0.25, 0.3) is 0 Å². The minimum atomic E-state index is -0.598. The van der Waals surface area contributed by atoms with Crippen LogP contribution in [0, 0.1) is 0 Å². The fourth-order valence-corrected chi connectivity index (χ4v) is 10.2. The maximum absolute atomic E-state index is 12.7. The maximum atomic E-state index is 12.7. The Labute approximate surface area is 496 Å². The Balaban J connectivity index is 0.000000173. The molecular weight excluding hydrogens is 1090 g/mol. The smallest absolute Gasteiger partial charge is 0.410 e. The van der Waals surface area contributed by atoms with E-state index < -0.39 is 35.2 Å². The number of aliphatic hydroxyl groups is 2. The number of carbonyl (C=O) groups is 7. The second-order valence-corrected chi connectivity index (χ2v) is 24.4. The quantitative estimate of drug-likeness (QED) is 0.0838. The number of carbonyl (C=O) groups excluding carboxylic acids is 7. The van der Waals surface area contributed by atoms with E-state index in [4.69, 9.17) is 33.5 Å². The van der Waals surface area contributed by atoms with Gasteiger partial charge in [-0.05, 0) is 168 Å². The molecule has 5 aromatic rings. The highest BCUT2D eigenvalue weighted by atomic mass is 16.6. The van der Waals surface area contributed by atoms with Crippen LogP contribution >= 0.6 is 0 Å². The number of hydrogen-bond acceptors (Lipinski definition) is 15. The average Bonchev–Trinajstić information content (AvgIpc) is 3.18. The summed E-state index contributed by atoms with van der Waals surface area (Å²) >= 11 is 0. The summed E-state index contributed by atoms with van der Waals surface area (Å²) in [6, 6.07) is 27.7. The third-order valence-electron chi connectivity index (χ3n) is 14.4. The molecule has 0 aromatic heterocycles. The number of esters is 1. The van der Waals surface area contributed by atoms with E-state index in [9.17, 15) is 38.7 Å². The molecule has 5 amide bonds. The average molecular weight is 1170 g/mol. The van der Waals surface area contributed by atoms with Gasteiger partial charge < -0.3 is 63.1 Å². The van der Waals surface area contributed by atoms with Crippen molar-refractivity contribution in [1.29, 1.82) is 0 Å². The van der Waals surface area contributed by atoms with Crippen LogP contribution in [0.5, 0.6) is 11.5 Å². The number of anilines is 2. The van der Waals surface area contributed by atoms with Crippen molar-refractivity contribution in [2.24, 2.45) is 0 Å². The molecule has 0 radical (unpaired) electrons. The lowest BCUT2D eigenvalue weighted by molar-refractivity contribution is -0.122. The highest BCUT2D eigenvalue weighted by Crippen LogP contribution is 2.37. The SMILES string of the molecule is CC(C)(C)OC(=O)N1CCc2cc(CN3C(=O)COc4ccc(C(=O)CO)cc43)ccc2C1.CC(C)(C)OC(=O)N1CCc2cc(CO)ccc2C1.COC(=O)c1ccc2c(c1)N(Cc1ccc3c(c1)CCN(C(=O)OC(C)(C)C)C3)C(=O)CO2. The number of fused-ring (bicyclic) bond motifs is 5. The molecule has 0 spiro atoms. The first-order valence-corrected chi connectivity index (χ1v) is 28.4. The summed E-state index contributed by atoms with van der Waals surface area (Å²) in [6.45, 7) is 20.1. The molecular formula is C65H77N5O15. The first-order chi connectivity index (χ1) is 40.2. The summed E-state index contributed by atoms with van der Waals surface area (Å²) in [5.41, 5.74) is 9.79. The number of ketones is 1. The van der Waals surface area contributed by atoms with Gasteiger partial charge in [0.2, 0.25) is 0 Å². The molecule has 10 rings (SSSR count). The lowest BCUT2D eigenvalue weighted by Gasteiger charge is -2.32. The fraction of sp³-hybridized carbons (Fsp3) is 0.431. The van der Waals surface area contributed by atoms with Crippen molar-refractivity contribution in [2.45, 2.75) is 138 Å². The number of hydrogen-bond donors (Lipinski definition) is 2. The van der Waals surface area contributed by atoms with E-state index in [2.05, 4.69) is 12.1 Å². The van der Waals surface area contributed by atoms with Crippen LogP contribution in [-0.2, 0) is 87.1 Å². The van der Waals surface area contributed by atoms with E-state index in [1.165, 1.54) is 12.7 Å². The maximum Gasteiger partial charge on any atom is 0.410 e. The lowest BCUT2D eigenvalue weighted by atomic mass is 9.97. The number of benzene rings is 5. The van der Waals surface area contributed by atoms with Crippen molar-refractivity contribution in [2.75, 3.05) is 56.4 Å². The van der Waals surface area contributed by atoms with Crippen LogP contribution in [0.1, 0.15) is 133 Å². The highest BCUT2D eigenvalue weighted by molar-refractivity contribution is 6.02. The predicted molar refractivity (Wildman–Crippen MR) is 315 cm³/mol. The van der Waals surface area contributed by atoms with Crippen molar-refractivity contribution < 1.29 is 72.2 Å². The molecule has 20 nitrogen and oxygen atoms in total. The molecule has 0 saturated carbocycles. The number of amides is 5. The molecule has 5 aromatic carbocycles. The Morgan fingerprint density at radius 3 is 1.21 bits per heavy atom. The molecule has 0 bridgehead atoms. The zero-order valence-corrected chi connectivity index (χ0v) is 50.2. The molecule has 85 heavy (non-hydrogen) atoms. The normalized spacial score (nSPS) is 15.3. The van der Waals surface area contributed by atoms with Gasteiger partial charge in [0.25, 0.3) is 11.8 Å². The molecule has 0 saturated heterocycles. The van der Waals surface area contributed by atoms with E-state index in [0.29, 0.717) is 99.2 Å². The minimum Gasteiger partial charge on any atom is -0.482 e. The third kappa shape index (κ3) is 16.2. The van der Waals surface area contributed by atoms with Crippen molar-refractivity contribution >= 4 is 53.2 Å². The second-order valence-electron chi connectivity index (χ2n) is 24.4. The van der Waals surface area contributed by atoms with Crippen LogP contribution in [0.3, 0.4) is 0 Å². The van der Waals surface area contributed by atoms with Crippen LogP contribution in [0.15, 0.2) is 91.0 Å². The molecule has 0 unspecified atom stereocenters. The standard InChI is InChI=1S/2C25H28N2O6.C15H21NO3/c1-25(2,3)33-24(30)26-10-9-17-11-16(5-6-19(17)14-26)13-27-20-12-18(23(29)31-4)7-8-21(20)32-15-22(27)28;1-25(2,3)33-24(31)26-9-8-17-10-16(4-5-19(17)13-26)12-27-20-11-18(21(29)14-28)6-7-22(20)32-15-23(27)30;1-15(2,3)19-14(18)16-7-6-12-8-11(10-17)4-5-13(12)9-16/h5-8,11-12H,9-10,13-15H2,1-4H3;4-7,10-11,28H,8-9,12-15H2,1-3H3;4-5,8,17H,6-7,9-10H2,1-3H3. The van der Waals surface area contributed by atoms with Gasteiger partial charge in [-0.3, -0.25) is 14.4 Å². The summed E-state index contributed by atoms with van der Waals surface area (Å²) in [6.07, 6.45) is 1.33. The van der Waals surface area contributed by atoms with Crippen molar-refractivity contribution in [1.82, 2.24) is 14.7 Å². The van der Waals surface area contributed by atoms with Gasteiger partial charge in [-0.1, -0.05) is 54.6 Å². The molecule has 2 N–H and O–H groups in total. The van der Waals surface area contributed by atoms with Crippen molar-refractivity contribution in [3.05, 3.63) is 152 Å². The van der Waals surface area contributed by atoms with Gasteiger partial charge in [0.1, 0.15) is 34.9 Å². The summed E-state index contributed by atoms with van der Waals surface area (Å²) in [7, 11) is 1.32. The number of rotatable bonds is 8. The van der Waals surface area contributed by atoms with Crippen LogP contribution in [-0.4, -0.2) is 130 Å². The van der Waals surface area contributed by atoms with Gasteiger partial charge in [-0.2, -0.15) is 0 Å². The Kier molecular flexibility index (Phi) is 19.3. The Morgan fingerprint density at radius 2 is 0.847 bits per heavy atom. The van der Waals surface area contributed by atoms with E-state index in [1.54, 1.807) is 60.9 Å². The van der Waals surface area contributed by atoms with Gasteiger partial charge in [-0.25, -0.2) is 19.2 Å². The summed E-state index contributed by atoms with van der Waals surface area (Å²) in [4.78, 5) is 94.4. The van der Waals surface area contributed by atoms with E-state index in [-0.39, 0.29) is 49.9 Å². The number of nitrogens with zero attached hydrogens (tertiary/aromatic N) is 5. The molecule has 5 aliphatic rings. The zero-order chi connectivity index (χ0) is 61.5. The number of methoxy groups -OCH3 is 1. The molecule has 5 aliphatic heterocycles. The summed E-state index contributed by atoms with van der Waals surface area (Å²) in [5.74, 6) is -0.204. The van der Waals surface area contributed by atoms with E-state index >= 15 is 0 Å². The third-order valence-corrected chi connectivity index (χ3v) is 14.4. The number of ether oxygens (including phenoxy) is 6.